The van der Waals surface area contributed by atoms with E-state index in [1.54, 1.807) is 24.3 Å². The molecule has 1 N–H and O–H groups in total. The Bertz CT molecular complexity index is 1860. The predicted molar refractivity (Wildman–Crippen MR) is 144 cm³/mol. The summed E-state index contributed by atoms with van der Waals surface area (Å²) in [6.45, 7) is 1.40. The van der Waals surface area contributed by atoms with Gasteiger partial charge in [-0.1, -0.05) is 0 Å². The number of nitrogens with zero attached hydrogens (tertiary/aromatic N) is 3. The van der Waals surface area contributed by atoms with Gasteiger partial charge in [-0.05, 0) is 0 Å². The number of aromatic nitrogens is 2. The van der Waals surface area contributed by atoms with Crippen LogP contribution in [0, 0.1) is 5.41 Å². The first-order valence-electron chi connectivity index (χ1n) is 11.1. The van der Waals surface area contributed by atoms with Crippen molar-refractivity contribution in [1.82, 2.24) is 9.97 Å². The Morgan fingerprint density at radius 1 is 1.10 bits per heavy atom. The number of hydrogen-bond acceptors (Lipinski definition) is 9. The van der Waals surface area contributed by atoms with Gasteiger partial charge in [-0.15, -0.1) is 0 Å². The fraction of sp³-hybridized carbons (Fsp3) is 0.130. The summed E-state index contributed by atoms with van der Waals surface area (Å²) in [5, 5.41) is 7.70. The average Bonchev–Trinajstić information content (AvgIpc) is 3.32. The zero-order valence-electron chi connectivity index (χ0n) is 20.2. The van der Waals surface area contributed by atoms with Crippen LogP contribution in [0.4, 0.5) is 23.7 Å². The summed E-state index contributed by atoms with van der Waals surface area (Å²) in [4.78, 5) is 21.3. The number of halogens is 4. The molecule has 2 heterocycles. The Balaban J connectivity index is 1.79. The van der Waals surface area contributed by atoms with E-state index >= 15 is 0 Å². The quantitative estimate of drug-likeness (QED) is 0.206. The fourth-order valence-corrected chi connectivity index (χ4v) is 8.54. The average molecular weight is 760 g/mol. The molecule has 2 aromatic carbocycles. The number of pyridine rings is 1. The van der Waals surface area contributed by atoms with Crippen LogP contribution >= 0.6 is 15.9 Å². The van der Waals surface area contributed by atoms with Gasteiger partial charge in [-0.25, -0.2) is 0 Å². The van der Waals surface area contributed by atoms with E-state index in [0.717, 1.165) is 17.3 Å². The molecule has 0 bridgehead atoms. The number of benzene rings is 2. The van der Waals surface area contributed by atoms with E-state index in [1.807, 2.05) is 0 Å². The van der Waals surface area contributed by atoms with E-state index in [1.165, 1.54) is 19.1 Å². The molecule has 1 amide bonds. The van der Waals surface area contributed by atoms with Crippen molar-refractivity contribution in [2.24, 2.45) is 0 Å². The number of nitrogens with one attached hydrogen (secondary N) is 1. The molecule has 0 fully saturated rings. The summed E-state index contributed by atoms with van der Waals surface area (Å²) >= 11 is 0.814. The van der Waals surface area contributed by atoms with Crippen molar-refractivity contribution < 1.29 is 39.2 Å². The SMILES string of the molecule is CCS(=O)(=O)c1cc[c]([In][C](=O)N(C=N)c2cccc(Br)c2)nc1-c1nc2cc(S(=O)(=O)C(F)(F)F)ccc2o1. The van der Waals surface area contributed by atoms with Crippen LogP contribution in [-0.2, 0) is 19.7 Å². The number of amides is 1. The molecular formula is C23H16BrF3InN4O6S2. The summed E-state index contributed by atoms with van der Waals surface area (Å²) < 4.78 is 94.5. The van der Waals surface area contributed by atoms with Crippen LogP contribution in [0.5, 0.6) is 0 Å². The molecule has 0 saturated carbocycles. The van der Waals surface area contributed by atoms with Crippen molar-refractivity contribution >= 4 is 88.8 Å². The second-order valence-corrected chi connectivity index (χ2v) is 17.1. The van der Waals surface area contributed by atoms with Gasteiger partial charge in [0.15, 0.2) is 0 Å². The van der Waals surface area contributed by atoms with Crippen LogP contribution in [-0.4, -0.2) is 71.0 Å². The Hall–Kier alpha value is -2.76. The number of rotatable bonds is 8. The molecule has 0 unspecified atom stereocenters. The first kappa shape index (κ1) is 30.2. The molecule has 0 aliphatic heterocycles. The van der Waals surface area contributed by atoms with E-state index in [-0.39, 0.29) is 40.4 Å². The number of oxazole rings is 1. The van der Waals surface area contributed by atoms with Crippen molar-refractivity contribution in [3.8, 4) is 11.6 Å². The zero-order chi connectivity index (χ0) is 29.5. The van der Waals surface area contributed by atoms with Gasteiger partial charge in [0.2, 0.25) is 0 Å². The van der Waals surface area contributed by atoms with Crippen LogP contribution in [0.15, 0.2) is 73.3 Å². The second-order valence-electron chi connectivity index (χ2n) is 8.05. The number of sulfone groups is 2. The van der Waals surface area contributed by atoms with Crippen LogP contribution in [0.25, 0.3) is 22.7 Å². The van der Waals surface area contributed by atoms with Crippen LogP contribution in [0.1, 0.15) is 6.92 Å². The Labute approximate surface area is 245 Å². The van der Waals surface area contributed by atoms with Crippen molar-refractivity contribution in [1.29, 1.82) is 5.41 Å². The molecule has 4 rings (SSSR count). The first-order valence-corrected chi connectivity index (χ1v) is 18.3. The number of hydrogen-bond donors (Lipinski definition) is 1. The van der Waals surface area contributed by atoms with Gasteiger partial charge in [0.25, 0.3) is 0 Å². The monoisotopic (exact) mass is 759 g/mol. The molecular weight excluding hydrogens is 744 g/mol. The minimum absolute atomic E-state index is 0.106. The maximum atomic E-state index is 13.1. The molecule has 2 aromatic heterocycles. The molecule has 0 aliphatic carbocycles. The second kappa shape index (κ2) is 11.3. The van der Waals surface area contributed by atoms with Crippen LogP contribution in [0.3, 0.4) is 0 Å². The van der Waals surface area contributed by atoms with Crippen molar-refractivity contribution in [2.45, 2.75) is 22.2 Å². The first-order chi connectivity index (χ1) is 18.7. The van der Waals surface area contributed by atoms with Crippen molar-refractivity contribution in [3.63, 3.8) is 0 Å². The van der Waals surface area contributed by atoms with Gasteiger partial charge in [-0.3, -0.25) is 0 Å². The summed E-state index contributed by atoms with van der Waals surface area (Å²) in [5.74, 6) is -0.697. The van der Waals surface area contributed by atoms with Crippen molar-refractivity contribution in [2.75, 3.05) is 10.7 Å². The Morgan fingerprint density at radius 3 is 2.45 bits per heavy atom. The standard InChI is InChI=1S/C15H10F3N2O5S2.C8H6BrN2O.In/c1-2-26(21,22)12-4-3-7-19-13(12)14-20-10-8-9(5-6-11(10)25-14)27(23,24)15(16,17)18;9-7-2-1-3-8(4-7)11(5-10)6-12;/h3-6,8H,2H2,1H3;1-5,10H;. The van der Waals surface area contributed by atoms with E-state index in [0.29, 0.717) is 22.3 Å². The normalized spacial score (nSPS) is 12.3. The van der Waals surface area contributed by atoms with E-state index in [4.69, 9.17) is 9.83 Å². The van der Waals surface area contributed by atoms with E-state index in [9.17, 15) is 34.8 Å². The molecule has 0 saturated heterocycles. The summed E-state index contributed by atoms with van der Waals surface area (Å²) in [7, 11) is -9.57. The molecule has 0 spiro atoms. The number of alkyl halides is 3. The molecule has 0 atom stereocenters. The van der Waals surface area contributed by atoms with Gasteiger partial charge < -0.3 is 0 Å². The van der Waals surface area contributed by atoms with Crippen LogP contribution < -0.4 is 8.35 Å². The fourth-order valence-electron chi connectivity index (χ4n) is 3.50. The minimum atomic E-state index is -5.66. The van der Waals surface area contributed by atoms with Gasteiger partial charge in [0, 0.05) is 0 Å². The molecule has 0 aliphatic rings. The van der Waals surface area contributed by atoms with Crippen LogP contribution in [0.2, 0.25) is 0 Å². The van der Waals surface area contributed by atoms with Gasteiger partial charge in [-0.2, -0.15) is 0 Å². The summed E-state index contributed by atoms with van der Waals surface area (Å²) in [6, 6.07) is 11.7. The Kier molecular flexibility index (Phi) is 8.50. The Morgan fingerprint density at radius 2 is 1.82 bits per heavy atom. The summed E-state index contributed by atoms with van der Waals surface area (Å²) in [5.41, 5.74) is -5.74. The number of carbonyl (C=O) groups is 1. The number of anilines is 1. The number of carbonyl (C=O) groups excluding carboxylic acids is 1. The van der Waals surface area contributed by atoms with E-state index < -0.39 is 53.0 Å². The molecule has 40 heavy (non-hydrogen) atoms. The third-order valence-electron chi connectivity index (χ3n) is 5.50. The molecule has 17 heteroatoms. The molecule has 10 nitrogen and oxygen atoms in total. The van der Waals surface area contributed by atoms with Gasteiger partial charge in [0.05, 0.1) is 0 Å². The molecule has 4 aromatic rings. The third-order valence-corrected chi connectivity index (χ3v) is 12.5. The van der Waals surface area contributed by atoms with Crippen molar-refractivity contribution in [3.05, 3.63) is 59.1 Å². The molecule has 1 radical (unpaired) electrons. The molecule has 207 valence electrons. The maximum absolute atomic E-state index is 13.1. The van der Waals surface area contributed by atoms with Gasteiger partial charge in [0.1, 0.15) is 0 Å². The zero-order valence-corrected chi connectivity index (χ0v) is 26.7. The number of fused-ring (bicyclic) bond motifs is 1. The topological polar surface area (TPSA) is 151 Å². The van der Waals surface area contributed by atoms with Gasteiger partial charge >= 0.3 is 247 Å². The van der Waals surface area contributed by atoms with E-state index in [2.05, 4.69) is 25.9 Å². The predicted octanol–water partition coefficient (Wildman–Crippen LogP) is 4.30. The third kappa shape index (κ3) is 5.96. The summed E-state index contributed by atoms with van der Waals surface area (Å²) in [6.07, 6.45) is 0.861.